The fourth-order valence-corrected chi connectivity index (χ4v) is 4.65. The lowest BCUT2D eigenvalue weighted by Gasteiger charge is -2.41. The molecule has 0 aromatic heterocycles. The van der Waals surface area contributed by atoms with Crippen LogP contribution >= 0.6 is 0 Å². The predicted octanol–water partition coefficient (Wildman–Crippen LogP) is 2.00. The van der Waals surface area contributed by atoms with Crippen LogP contribution in [0.5, 0.6) is 5.75 Å². The van der Waals surface area contributed by atoms with E-state index < -0.39 is 24.2 Å². The zero-order valence-electron chi connectivity index (χ0n) is 20.6. The SMILES string of the molecule is CC(C)CC(=O)N(CCCOC(C)C)C1C=C(C(=O)NCCO)C2c3ccccc3OC2C1O. The van der Waals surface area contributed by atoms with Crippen LogP contribution in [0.15, 0.2) is 35.9 Å². The van der Waals surface area contributed by atoms with E-state index in [9.17, 15) is 19.8 Å². The Hall–Kier alpha value is -2.42. The highest BCUT2D eigenvalue weighted by molar-refractivity contribution is 5.96. The second-order valence-electron chi connectivity index (χ2n) is 9.64. The van der Waals surface area contributed by atoms with Gasteiger partial charge in [0.15, 0.2) is 0 Å². The average Bonchev–Trinajstić information content (AvgIpc) is 3.18. The number of hydrogen-bond acceptors (Lipinski definition) is 6. The van der Waals surface area contributed by atoms with Gasteiger partial charge in [0.25, 0.3) is 0 Å². The maximum absolute atomic E-state index is 13.3. The largest absolute Gasteiger partial charge is 0.486 e. The standard InChI is InChI=1S/C26H38N2O6/c1-16(2)14-22(30)28(11-7-13-33-17(3)4)20-15-19(26(32)27-10-12-29)23-18-8-5-6-9-21(18)34-25(23)24(20)31/h5-6,8-9,15-17,20,23-25,29,31H,7,10-14H2,1-4H3,(H,27,32). The summed E-state index contributed by atoms with van der Waals surface area (Å²) in [6.07, 6.45) is 1.06. The molecule has 1 aromatic carbocycles. The number of carbonyl (C=O) groups excluding carboxylic acids is 2. The van der Waals surface area contributed by atoms with Crippen molar-refractivity contribution in [1.82, 2.24) is 10.2 Å². The number of para-hydroxylation sites is 1. The molecule has 1 aliphatic carbocycles. The highest BCUT2D eigenvalue weighted by Gasteiger charge is 2.50. The van der Waals surface area contributed by atoms with Crippen molar-refractivity contribution in [3.8, 4) is 5.75 Å². The van der Waals surface area contributed by atoms with E-state index in [0.717, 1.165) is 5.56 Å². The van der Waals surface area contributed by atoms with Crippen molar-refractivity contribution in [3.63, 3.8) is 0 Å². The summed E-state index contributed by atoms with van der Waals surface area (Å²) in [7, 11) is 0. The molecule has 3 N–H and O–H groups in total. The topological polar surface area (TPSA) is 108 Å². The third kappa shape index (κ3) is 5.98. The second kappa shape index (κ2) is 11.8. The molecular weight excluding hydrogens is 436 g/mol. The van der Waals surface area contributed by atoms with Gasteiger partial charge in [-0.1, -0.05) is 32.0 Å². The van der Waals surface area contributed by atoms with E-state index in [4.69, 9.17) is 9.47 Å². The summed E-state index contributed by atoms with van der Waals surface area (Å²) in [6.45, 7) is 8.70. The van der Waals surface area contributed by atoms with Crippen molar-refractivity contribution in [2.24, 2.45) is 5.92 Å². The van der Waals surface area contributed by atoms with Crippen molar-refractivity contribution in [2.45, 2.75) is 70.8 Å². The molecule has 0 radical (unpaired) electrons. The molecule has 1 aliphatic heterocycles. The van der Waals surface area contributed by atoms with E-state index in [1.807, 2.05) is 52.0 Å². The summed E-state index contributed by atoms with van der Waals surface area (Å²) in [6, 6.07) is 6.73. The molecule has 188 valence electrons. The second-order valence-corrected chi connectivity index (χ2v) is 9.64. The first-order valence-corrected chi connectivity index (χ1v) is 12.2. The molecule has 34 heavy (non-hydrogen) atoms. The van der Waals surface area contributed by atoms with E-state index in [1.165, 1.54) is 0 Å². The molecule has 4 unspecified atom stereocenters. The van der Waals surface area contributed by atoms with Crippen LogP contribution in [0.4, 0.5) is 0 Å². The zero-order valence-corrected chi connectivity index (χ0v) is 20.6. The molecule has 0 bridgehead atoms. The number of ether oxygens (including phenoxy) is 2. The Balaban J connectivity index is 1.95. The van der Waals surface area contributed by atoms with Crippen LogP contribution in [0.2, 0.25) is 0 Å². The predicted molar refractivity (Wildman–Crippen MR) is 128 cm³/mol. The van der Waals surface area contributed by atoms with Crippen LogP contribution in [-0.4, -0.2) is 77.6 Å². The van der Waals surface area contributed by atoms with Gasteiger partial charge in [-0.3, -0.25) is 9.59 Å². The van der Waals surface area contributed by atoms with Gasteiger partial charge in [0.2, 0.25) is 11.8 Å². The summed E-state index contributed by atoms with van der Waals surface area (Å²) in [5, 5.41) is 23.3. The molecule has 0 saturated carbocycles. The molecule has 4 atom stereocenters. The van der Waals surface area contributed by atoms with Crippen LogP contribution in [0.25, 0.3) is 0 Å². The van der Waals surface area contributed by atoms with E-state index >= 15 is 0 Å². The molecular formula is C26H38N2O6. The van der Waals surface area contributed by atoms with Crippen LogP contribution in [0.1, 0.15) is 52.0 Å². The van der Waals surface area contributed by atoms with Crippen molar-refractivity contribution < 1.29 is 29.3 Å². The first-order valence-electron chi connectivity index (χ1n) is 12.2. The number of rotatable bonds is 11. The maximum Gasteiger partial charge on any atom is 0.247 e. The van der Waals surface area contributed by atoms with E-state index in [-0.39, 0.29) is 37.0 Å². The number of aliphatic hydroxyl groups is 2. The lowest BCUT2D eigenvalue weighted by Crippen LogP contribution is -2.56. The third-order valence-electron chi connectivity index (χ3n) is 6.13. The van der Waals surface area contributed by atoms with Crippen LogP contribution in [0, 0.1) is 5.92 Å². The van der Waals surface area contributed by atoms with Gasteiger partial charge in [-0.15, -0.1) is 0 Å². The minimum atomic E-state index is -1.01. The summed E-state index contributed by atoms with van der Waals surface area (Å²) in [5.41, 5.74) is 1.28. The van der Waals surface area contributed by atoms with Gasteiger partial charge in [0.1, 0.15) is 18.0 Å². The van der Waals surface area contributed by atoms with Gasteiger partial charge in [-0.05, 0) is 38.3 Å². The Morgan fingerprint density at radius 3 is 2.62 bits per heavy atom. The first-order chi connectivity index (χ1) is 16.2. The lowest BCUT2D eigenvalue weighted by atomic mass is 9.77. The molecule has 0 spiro atoms. The summed E-state index contributed by atoms with van der Waals surface area (Å²) in [5.74, 6) is -0.0841. The monoisotopic (exact) mass is 474 g/mol. The highest BCUT2D eigenvalue weighted by Crippen LogP contribution is 2.47. The Morgan fingerprint density at radius 2 is 1.94 bits per heavy atom. The average molecular weight is 475 g/mol. The molecule has 8 nitrogen and oxygen atoms in total. The van der Waals surface area contributed by atoms with Gasteiger partial charge in [-0.2, -0.15) is 0 Å². The number of fused-ring (bicyclic) bond motifs is 3. The van der Waals surface area contributed by atoms with Crippen molar-refractivity contribution in [3.05, 3.63) is 41.5 Å². The number of hydrogen-bond donors (Lipinski definition) is 3. The minimum absolute atomic E-state index is 0.0797. The van der Waals surface area contributed by atoms with Gasteiger partial charge < -0.3 is 29.9 Å². The molecule has 3 rings (SSSR count). The van der Waals surface area contributed by atoms with Crippen molar-refractivity contribution >= 4 is 11.8 Å². The molecule has 2 amide bonds. The fraction of sp³-hybridized carbons (Fsp3) is 0.615. The third-order valence-corrected chi connectivity index (χ3v) is 6.13. The lowest BCUT2D eigenvalue weighted by molar-refractivity contribution is -0.138. The Kier molecular flexibility index (Phi) is 9.10. The smallest absolute Gasteiger partial charge is 0.247 e. The number of nitrogens with zero attached hydrogens (tertiary/aromatic N) is 1. The van der Waals surface area contributed by atoms with E-state index in [2.05, 4.69) is 5.32 Å². The molecule has 1 aromatic rings. The van der Waals surface area contributed by atoms with Gasteiger partial charge in [0, 0.05) is 37.3 Å². The Morgan fingerprint density at radius 1 is 1.21 bits per heavy atom. The fourth-order valence-electron chi connectivity index (χ4n) is 4.65. The van der Waals surface area contributed by atoms with Gasteiger partial charge >= 0.3 is 0 Å². The van der Waals surface area contributed by atoms with E-state index in [0.29, 0.717) is 37.3 Å². The van der Waals surface area contributed by atoms with Crippen molar-refractivity contribution in [1.29, 1.82) is 0 Å². The van der Waals surface area contributed by atoms with Crippen LogP contribution in [0.3, 0.4) is 0 Å². The van der Waals surface area contributed by atoms with Gasteiger partial charge in [0.05, 0.1) is 24.7 Å². The number of nitrogens with one attached hydrogen (secondary N) is 1. The number of aliphatic hydroxyl groups excluding tert-OH is 2. The quantitative estimate of drug-likeness (QED) is 0.424. The van der Waals surface area contributed by atoms with Gasteiger partial charge in [-0.25, -0.2) is 0 Å². The number of benzene rings is 1. The summed E-state index contributed by atoms with van der Waals surface area (Å²) >= 11 is 0. The molecule has 8 heteroatoms. The van der Waals surface area contributed by atoms with Crippen LogP contribution < -0.4 is 10.1 Å². The summed E-state index contributed by atoms with van der Waals surface area (Å²) < 4.78 is 11.8. The number of amides is 2. The molecule has 2 aliphatic rings. The number of carbonyl (C=O) groups is 2. The Labute approximate surface area is 201 Å². The molecule has 0 fully saturated rings. The van der Waals surface area contributed by atoms with Crippen molar-refractivity contribution in [2.75, 3.05) is 26.3 Å². The van der Waals surface area contributed by atoms with E-state index in [1.54, 1.807) is 11.0 Å². The molecule has 1 heterocycles. The van der Waals surface area contributed by atoms with Crippen LogP contribution in [-0.2, 0) is 14.3 Å². The Bertz CT molecular complexity index is 884. The zero-order chi connectivity index (χ0) is 24.8. The maximum atomic E-state index is 13.3. The summed E-state index contributed by atoms with van der Waals surface area (Å²) in [4.78, 5) is 28.0. The highest BCUT2D eigenvalue weighted by atomic mass is 16.5. The molecule has 0 saturated heterocycles. The first kappa shape index (κ1) is 26.2. The normalized spacial score (nSPS) is 23.2. The minimum Gasteiger partial charge on any atom is -0.486 e.